The molecule has 2 N–H and O–H groups in total. The minimum atomic E-state index is -0.939. The van der Waals surface area contributed by atoms with Crippen LogP contribution < -0.4 is 0 Å². The number of carbonyl (C=O) groups is 1. The van der Waals surface area contributed by atoms with Gasteiger partial charge in [-0.1, -0.05) is 38.5 Å². The van der Waals surface area contributed by atoms with Crippen LogP contribution in [-0.4, -0.2) is 44.4 Å². The van der Waals surface area contributed by atoms with Crippen LogP contribution in [0.3, 0.4) is 0 Å². The van der Waals surface area contributed by atoms with E-state index in [1.807, 2.05) is 4.90 Å². The summed E-state index contributed by atoms with van der Waals surface area (Å²) in [6, 6.07) is 0. The van der Waals surface area contributed by atoms with Crippen LogP contribution in [0.4, 0.5) is 0 Å². The van der Waals surface area contributed by atoms with E-state index in [1.165, 1.54) is 38.5 Å². The summed E-state index contributed by atoms with van der Waals surface area (Å²) in [6.45, 7) is 1.21. The summed E-state index contributed by atoms with van der Waals surface area (Å²) in [5.74, 6) is 0.981. The second kappa shape index (κ2) is 7.43. The van der Waals surface area contributed by atoms with Crippen LogP contribution in [-0.2, 0) is 10.4 Å². The SMILES string of the molecule is O=C(CCC1CCCCCC1)N1CCC(O)(c2cn[nH]n2)CC1. The number of nitrogens with one attached hydrogen (secondary N) is 1. The molecule has 0 bridgehead atoms. The summed E-state index contributed by atoms with van der Waals surface area (Å²) >= 11 is 0. The third kappa shape index (κ3) is 4.10. The van der Waals surface area contributed by atoms with Gasteiger partial charge < -0.3 is 10.0 Å². The summed E-state index contributed by atoms with van der Waals surface area (Å²) < 4.78 is 0. The van der Waals surface area contributed by atoms with Crippen molar-refractivity contribution in [1.82, 2.24) is 20.3 Å². The number of aromatic amines is 1. The fourth-order valence-electron chi connectivity index (χ4n) is 3.95. The lowest BCUT2D eigenvalue weighted by molar-refractivity contribution is -0.136. The molecule has 1 saturated heterocycles. The van der Waals surface area contributed by atoms with Gasteiger partial charge in [0.2, 0.25) is 5.91 Å². The van der Waals surface area contributed by atoms with E-state index >= 15 is 0 Å². The monoisotopic (exact) mass is 320 g/mol. The summed E-state index contributed by atoms with van der Waals surface area (Å²) in [5, 5.41) is 21.0. The lowest BCUT2D eigenvalue weighted by Gasteiger charge is -2.37. The normalized spacial score (nSPS) is 22.7. The number of rotatable bonds is 4. The van der Waals surface area contributed by atoms with Gasteiger partial charge in [0.25, 0.3) is 0 Å². The van der Waals surface area contributed by atoms with Crippen LogP contribution in [0.5, 0.6) is 0 Å². The highest BCUT2D eigenvalue weighted by Gasteiger charge is 2.37. The van der Waals surface area contributed by atoms with Gasteiger partial charge in [-0.2, -0.15) is 15.4 Å². The Kier molecular flexibility index (Phi) is 5.30. The minimum Gasteiger partial charge on any atom is -0.383 e. The summed E-state index contributed by atoms with van der Waals surface area (Å²) in [4.78, 5) is 14.3. The number of carbonyl (C=O) groups excluding carboxylic acids is 1. The van der Waals surface area contributed by atoms with Gasteiger partial charge in [-0.05, 0) is 25.2 Å². The first-order valence-electron chi connectivity index (χ1n) is 9.04. The molecule has 0 unspecified atom stereocenters. The molecule has 2 fully saturated rings. The molecule has 0 radical (unpaired) electrons. The molecule has 1 aliphatic heterocycles. The van der Waals surface area contributed by atoms with Crippen molar-refractivity contribution in [2.24, 2.45) is 5.92 Å². The van der Waals surface area contributed by atoms with Gasteiger partial charge in [-0.15, -0.1) is 0 Å². The fraction of sp³-hybridized carbons (Fsp3) is 0.824. The molecule has 1 aromatic rings. The molecule has 2 aliphatic rings. The number of likely N-dealkylation sites (tertiary alicyclic amines) is 1. The summed E-state index contributed by atoms with van der Waals surface area (Å²) in [7, 11) is 0. The molecule has 1 saturated carbocycles. The Bertz CT molecular complexity index is 487. The van der Waals surface area contributed by atoms with Crippen molar-refractivity contribution >= 4 is 5.91 Å². The Morgan fingerprint density at radius 1 is 1.26 bits per heavy atom. The van der Waals surface area contributed by atoms with Gasteiger partial charge >= 0.3 is 0 Å². The molecule has 1 aromatic heterocycles. The highest BCUT2D eigenvalue weighted by molar-refractivity contribution is 5.76. The molecule has 1 amide bonds. The van der Waals surface area contributed by atoms with Crippen molar-refractivity contribution in [3.63, 3.8) is 0 Å². The van der Waals surface area contributed by atoms with Crippen LogP contribution in [0.2, 0.25) is 0 Å². The maximum Gasteiger partial charge on any atom is 0.222 e. The van der Waals surface area contributed by atoms with E-state index in [0.717, 1.165) is 12.3 Å². The number of hydrogen-bond donors (Lipinski definition) is 2. The molecule has 128 valence electrons. The zero-order chi connectivity index (χ0) is 16.1. The van der Waals surface area contributed by atoms with E-state index in [0.29, 0.717) is 38.0 Å². The Labute approximate surface area is 137 Å². The molecule has 0 aromatic carbocycles. The van der Waals surface area contributed by atoms with Crippen molar-refractivity contribution < 1.29 is 9.90 Å². The lowest BCUT2D eigenvalue weighted by atomic mass is 9.88. The van der Waals surface area contributed by atoms with Crippen molar-refractivity contribution in [2.75, 3.05) is 13.1 Å². The topological polar surface area (TPSA) is 82.1 Å². The van der Waals surface area contributed by atoms with E-state index < -0.39 is 5.60 Å². The average Bonchev–Trinajstić information content (AvgIpc) is 2.99. The highest BCUT2D eigenvalue weighted by Crippen LogP contribution is 2.32. The molecule has 6 nitrogen and oxygen atoms in total. The molecule has 2 heterocycles. The number of nitrogens with zero attached hydrogens (tertiary/aromatic N) is 3. The first kappa shape index (κ1) is 16.4. The molecule has 0 atom stereocenters. The van der Waals surface area contributed by atoms with E-state index in [-0.39, 0.29) is 5.91 Å². The maximum atomic E-state index is 12.4. The van der Waals surface area contributed by atoms with Gasteiger partial charge in [-0.25, -0.2) is 0 Å². The predicted octanol–water partition coefficient (Wildman–Crippen LogP) is 2.37. The number of H-pyrrole nitrogens is 1. The van der Waals surface area contributed by atoms with Gasteiger partial charge in [0, 0.05) is 19.5 Å². The van der Waals surface area contributed by atoms with E-state index in [1.54, 1.807) is 6.20 Å². The molecular weight excluding hydrogens is 292 g/mol. The lowest BCUT2D eigenvalue weighted by Crippen LogP contribution is -2.45. The van der Waals surface area contributed by atoms with E-state index in [2.05, 4.69) is 15.4 Å². The third-order valence-electron chi connectivity index (χ3n) is 5.58. The van der Waals surface area contributed by atoms with Gasteiger partial charge in [0.15, 0.2) is 0 Å². The number of piperidine rings is 1. The maximum absolute atomic E-state index is 12.4. The Balaban J connectivity index is 1.44. The largest absolute Gasteiger partial charge is 0.383 e. The number of amides is 1. The van der Waals surface area contributed by atoms with Gasteiger partial charge in [0.1, 0.15) is 11.3 Å². The number of aromatic nitrogens is 3. The number of aliphatic hydroxyl groups is 1. The van der Waals surface area contributed by atoms with Crippen LogP contribution in [0.1, 0.15) is 69.9 Å². The zero-order valence-corrected chi connectivity index (χ0v) is 13.8. The molecule has 1 aliphatic carbocycles. The predicted molar refractivity (Wildman–Crippen MR) is 86.5 cm³/mol. The molecule has 0 spiro atoms. The molecular formula is C17H28N4O2. The van der Waals surface area contributed by atoms with Crippen molar-refractivity contribution in [3.05, 3.63) is 11.9 Å². The average molecular weight is 320 g/mol. The molecule has 3 rings (SSSR count). The fourth-order valence-corrected chi connectivity index (χ4v) is 3.95. The summed E-state index contributed by atoms with van der Waals surface area (Å²) in [6.07, 6.45) is 12.3. The first-order valence-corrected chi connectivity index (χ1v) is 9.04. The number of hydrogen-bond acceptors (Lipinski definition) is 4. The van der Waals surface area contributed by atoms with Crippen LogP contribution in [0.25, 0.3) is 0 Å². The van der Waals surface area contributed by atoms with Crippen LogP contribution in [0.15, 0.2) is 6.20 Å². The van der Waals surface area contributed by atoms with Crippen molar-refractivity contribution in [1.29, 1.82) is 0 Å². The Morgan fingerprint density at radius 3 is 2.57 bits per heavy atom. The minimum absolute atomic E-state index is 0.247. The second-order valence-corrected chi connectivity index (χ2v) is 7.16. The Morgan fingerprint density at radius 2 is 1.96 bits per heavy atom. The van der Waals surface area contributed by atoms with Crippen LogP contribution >= 0.6 is 0 Å². The summed E-state index contributed by atoms with van der Waals surface area (Å²) in [5.41, 5.74) is -0.353. The van der Waals surface area contributed by atoms with Gasteiger partial charge in [0.05, 0.1) is 6.20 Å². The quantitative estimate of drug-likeness (QED) is 0.834. The smallest absolute Gasteiger partial charge is 0.222 e. The molecule has 6 heteroatoms. The third-order valence-corrected chi connectivity index (χ3v) is 5.58. The van der Waals surface area contributed by atoms with E-state index in [4.69, 9.17) is 0 Å². The van der Waals surface area contributed by atoms with E-state index in [9.17, 15) is 9.90 Å². The second-order valence-electron chi connectivity index (χ2n) is 7.16. The zero-order valence-electron chi connectivity index (χ0n) is 13.8. The van der Waals surface area contributed by atoms with Crippen molar-refractivity contribution in [3.8, 4) is 0 Å². The molecule has 23 heavy (non-hydrogen) atoms. The van der Waals surface area contributed by atoms with Crippen LogP contribution in [0, 0.1) is 5.92 Å². The highest BCUT2D eigenvalue weighted by atomic mass is 16.3. The van der Waals surface area contributed by atoms with Crippen molar-refractivity contribution in [2.45, 2.75) is 69.8 Å². The Hall–Kier alpha value is -1.43. The van der Waals surface area contributed by atoms with Gasteiger partial charge in [-0.3, -0.25) is 4.79 Å². The standard InChI is InChI=1S/C17H28N4O2/c22-16(8-7-14-5-3-1-2-4-6-14)21-11-9-17(23,10-12-21)15-13-18-20-19-15/h13-14,23H,1-12H2,(H,18,19,20). The first-order chi connectivity index (χ1) is 11.2.